The van der Waals surface area contributed by atoms with E-state index < -0.39 is 0 Å². The van der Waals surface area contributed by atoms with Crippen LogP contribution in [0.2, 0.25) is 0 Å². The summed E-state index contributed by atoms with van der Waals surface area (Å²) in [7, 11) is 0. The Hall–Kier alpha value is -0.300. The second-order valence-corrected chi connectivity index (χ2v) is 6.57. The number of nitrogens with one attached hydrogen (secondary N) is 2. The molecule has 0 aromatic carbocycles. The second kappa shape index (κ2) is 14.1. The minimum Gasteiger partial charge on any atom is -0.377 e. The van der Waals surface area contributed by atoms with Crippen molar-refractivity contribution >= 4 is 29.9 Å². The number of rotatable bonds is 9. The minimum atomic E-state index is 0. The summed E-state index contributed by atoms with van der Waals surface area (Å²) in [5, 5.41) is 6.87. The number of nitrogens with zero attached hydrogens (tertiary/aromatic N) is 1. The van der Waals surface area contributed by atoms with E-state index in [4.69, 9.17) is 9.73 Å². The number of aliphatic imine (C=N–C) groups is 1. The van der Waals surface area contributed by atoms with Crippen LogP contribution < -0.4 is 10.6 Å². The molecule has 0 fully saturated rings. The molecule has 0 amide bonds. The molecule has 0 aromatic rings. The second-order valence-electron chi connectivity index (χ2n) is 6.57. The van der Waals surface area contributed by atoms with Crippen molar-refractivity contribution < 1.29 is 4.74 Å². The van der Waals surface area contributed by atoms with Crippen LogP contribution in [0.1, 0.15) is 59.8 Å². The summed E-state index contributed by atoms with van der Waals surface area (Å²) in [5.74, 6) is 1.74. The molecule has 136 valence electrons. The highest BCUT2D eigenvalue weighted by molar-refractivity contribution is 14.0. The van der Waals surface area contributed by atoms with Crippen LogP contribution in [0.3, 0.4) is 0 Å². The number of hydrogen-bond donors (Lipinski definition) is 2. The van der Waals surface area contributed by atoms with Crippen LogP contribution in [0.25, 0.3) is 0 Å². The van der Waals surface area contributed by atoms with Crippen LogP contribution in [0, 0.1) is 5.92 Å². The van der Waals surface area contributed by atoms with Gasteiger partial charge in [-0.05, 0) is 39.0 Å². The van der Waals surface area contributed by atoms with E-state index >= 15 is 0 Å². The molecule has 0 spiro atoms. The lowest BCUT2D eigenvalue weighted by Crippen LogP contribution is -2.42. The Labute approximate surface area is 160 Å². The van der Waals surface area contributed by atoms with Crippen molar-refractivity contribution in [1.82, 2.24) is 10.6 Å². The zero-order valence-corrected chi connectivity index (χ0v) is 17.7. The van der Waals surface area contributed by atoms with E-state index in [9.17, 15) is 0 Å². The third-order valence-electron chi connectivity index (χ3n) is 3.91. The Morgan fingerprint density at radius 3 is 2.70 bits per heavy atom. The summed E-state index contributed by atoms with van der Waals surface area (Å²) in [6, 6.07) is 0.471. The molecule has 0 aliphatic carbocycles. The number of halogens is 1. The van der Waals surface area contributed by atoms with E-state index in [2.05, 4.69) is 44.4 Å². The van der Waals surface area contributed by atoms with Crippen LogP contribution in [0.5, 0.6) is 0 Å². The molecule has 23 heavy (non-hydrogen) atoms. The molecule has 4 nitrogen and oxygen atoms in total. The molecular weight excluding hydrogens is 401 g/mol. The summed E-state index contributed by atoms with van der Waals surface area (Å²) >= 11 is 0. The molecule has 0 bridgehead atoms. The fraction of sp³-hybridized carbons (Fsp3) is 0.833. The molecule has 1 heterocycles. The zero-order chi connectivity index (χ0) is 16.2. The maximum atomic E-state index is 5.34. The lowest BCUT2D eigenvalue weighted by atomic mass is 10.0. The van der Waals surface area contributed by atoms with Gasteiger partial charge in [0, 0.05) is 19.1 Å². The maximum Gasteiger partial charge on any atom is 0.191 e. The largest absolute Gasteiger partial charge is 0.377 e. The molecule has 1 aliphatic heterocycles. The first-order chi connectivity index (χ1) is 10.6. The van der Waals surface area contributed by atoms with Crippen LogP contribution in [-0.2, 0) is 4.74 Å². The van der Waals surface area contributed by atoms with E-state index in [0.29, 0.717) is 6.04 Å². The predicted molar refractivity (Wildman–Crippen MR) is 111 cm³/mol. The Kier molecular flexibility index (Phi) is 13.9. The van der Waals surface area contributed by atoms with Crippen molar-refractivity contribution in [2.45, 2.75) is 65.8 Å². The van der Waals surface area contributed by atoms with Gasteiger partial charge in [-0.2, -0.15) is 0 Å². The van der Waals surface area contributed by atoms with Gasteiger partial charge < -0.3 is 15.4 Å². The third-order valence-corrected chi connectivity index (χ3v) is 3.91. The van der Waals surface area contributed by atoms with Gasteiger partial charge in [-0.15, -0.1) is 24.0 Å². The van der Waals surface area contributed by atoms with Gasteiger partial charge in [-0.3, -0.25) is 4.99 Å². The van der Waals surface area contributed by atoms with Crippen molar-refractivity contribution in [2.24, 2.45) is 10.9 Å². The molecule has 2 N–H and O–H groups in total. The molecule has 1 atom stereocenters. The van der Waals surface area contributed by atoms with Gasteiger partial charge in [0.05, 0.1) is 13.2 Å². The van der Waals surface area contributed by atoms with Gasteiger partial charge in [0.2, 0.25) is 0 Å². The topological polar surface area (TPSA) is 45.7 Å². The Morgan fingerprint density at radius 1 is 1.30 bits per heavy atom. The normalized spacial score (nSPS) is 16.6. The van der Waals surface area contributed by atoms with Crippen molar-refractivity contribution in [3.8, 4) is 0 Å². The molecular formula is C18H36IN3O. The van der Waals surface area contributed by atoms with Crippen molar-refractivity contribution in [2.75, 3.05) is 26.3 Å². The molecule has 1 unspecified atom stereocenters. The van der Waals surface area contributed by atoms with Crippen molar-refractivity contribution in [1.29, 1.82) is 0 Å². The number of guanidine groups is 1. The summed E-state index contributed by atoms with van der Waals surface area (Å²) < 4.78 is 5.34. The van der Waals surface area contributed by atoms with Crippen LogP contribution in [-0.4, -0.2) is 38.3 Å². The van der Waals surface area contributed by atoms with Crippen LogP contribution in [0.15, 0.2) is 16.6 Å². The van der Waals surface area contributed by atoms with Crippen LogP contribution >= 0.6 is 24.0 Å². The lowest BCUT2D eigenvalue weighted by Gasteiger charge is -2.18. The predicted octanol–water partition coefficient (Wildman–Crippen LogP) is 4.11. The summed E-state index contributed by atoms with van der Waals surface area (Å²) in [5.41, 5.74) is 1.48. The molecule has 0 radical (unpaired) electrons. The number of hydrogen-bond acceptors (Lipinski definition) is 2. The van der Waals surface area contributed by atoms with Crippen molar-refractivity contribution in [3.05, 3.63) is 11.6 Å². The lowest BCUT2D eigenvalue weighted by molar-refractivity contribution is 0.153. The van der Waals surface area contributed by atoms with Gasteiger partial charge in [0.1, 0.15) is 0 Å². The van der Waals surface area contributed by atoms with Crippen molar-refractivity contribution in [3.63, 3.8) is 0 Å². The summed E-state index contributed by atoms with van der Waals surface area (Å²) in [6.45, 7) is 12.3. The molecule has 1 aliphatic rings. The quantitative estimate of drug-likeness (QED) is 0.247. The smallest absolute Gasteiger partial charge is 0.191 e. The minimum absolute atomic E-state index is 0. The Morgan fingerprint density at radius 2 is 2.09 bits per heavy atom. The highest BCUT2D eigenvalue weighted by atomic mass is 127. The molecule has 0 saturated heterocycles. The highest BCUT2D eigenvalue weighted by Gasteiger charge is 2.07. The van der Waals surface area contributed by atoms with E-state index in [1.165, 1.54) is 24.8 Å². The zero-order valence-electron chi connectivity index (χ0n) is 15.4. The Bertz CT molecular complexity index is 356. The molecule has 1 rings (SSSR count). The average molecular weight is 437 g/mol. The van der Waals surface area contributed by atoms with Gasteiger partial charge in [0.15, 0.2) is 5.96 Å². The SMILES string of the molecule is CCNC(=NCCC1=CCOCC1)NC(C)CCCC(C)C.I. The average Bonchev–Trinajstić information content (AvgIpc) is 2.48. The van der Waals surface area contributed by atoms with E-state index in [1.54, 1.807) is 0 Å². The fourth-order valence-electron chi connectivity index (χ4n) is 2.56. The monoisotopic (exact) mass is 437 g/mol. The molecule has 0 saturated carbocycles. The standard InChI is InChI=1S/C18H35N3O.HI/c1-5-19-18(21-16(4)8-6-7-15(2)3)20-12-9-17-10-13-22-14-11-17;/h10,15-16H,5-9,11-14H2,1-4H3,(H2,19,20,21);1H. The highest BCUT2D eigenvalue weighted by Crippen LogP contribution is 2.11. The third kappa shape index (κ3) is 11.8. The van der Waals surface area contributed by atoms with Gasteiger partial charge in [-0.1, -0.05) is 38.3 Å². The first-order valence-electron chi connectivity index (χ1n) is 8.92. The molecule has 5 heteroatoms. The van der Waals surface area contributed by atoms with Crippen LogP contribution in [0.4, 0.5) is 0 Å². The Balaban J connectivity index is 0.00000484. The number of ether oxygens (including phenoxy) is 1. The first kappa shape index (κ1) is 22.7. The summed E-state index contributed by atoms with van der Waals surface area (Å²) in [6.07, 6.45) is 8.08. The molecule has 0 aromatic heterocycles. The maximum absolute atomic E-state index is 5.34. The van der Waals surface area contributed by atoms with E-state index in [-0.39, 0.29) is 24.0 Å². The van der Waals surface area contributed by atoms with E-state index in [0.717, 1.165) is 51.0 Å². The van der Waals surface area contributed by atoms with E-state index in [1.807, 2.05) is 0 Å². The van der Waals surface area contributed by atoms with Gasteiger partial charge in [0.25, 0.3) is 0 Å². The van der Waals surface area contributed by atoms with Gasteiger partial charge >= 0.3 is 0 Å². The summed E-state index contributed by atoms with van der Waals surface area (Å²) in [4.78, 5) is 4.70. The van der Waals surface area contributed by atoms with Gasteiger partial charge in [-0.25, -0.2) is 0 Å². The fourth-order valence-corrected chi connectivity index (χ4v) is 2.56. The first-order valence-corrected chi connectivity index (χ1v) is 8.92.